The number of carbonyl (C=O) groups is 3. The molecule has 1 aromatic heterocycles. The van der Waals surface area contributed by atoms with Crippen molar-refractivity contribution >= 4 is 23.8 Å². The number of ether oxygens (including phenoxy) is 1. The third kappa shape index (κ3) is 4.50. The highest BCUT2D eigenvalue weighted by atomic mass is 16.5. The molecule has 9 heteroatoms. The number of aryl methyl sites for hydroxylation is 1. The fraction of sp³-hybridized carbons (Fsp3) is 0.280. The summed E-state index contributed by atoms with van der Waals surface area (Å²) in [6.45, 7) is 3.66. The zero-order chi connectivity index (χ0) is 24.4. The number of carbonyl (C=O) groups excluding carboxylic acids is 2. The molecule has 3 N–H and O–H groups in total. The largest absolute Gasteiger partial charge is 0.477 e. The van der Waals surface area contributed by atoms with Crippen LogP contribution in [0, 0.1) is 5.92 Å². The van der Waals surface area contributed by atoms with Crippen molar-refractivity contribution in [3.05, 3.63) is 71.4 Å². The SMILES string of the molecule is CC(C)[C@H](NC(=O)OCC1c2ccccc2-c2ccccc21)C(=O)Nc1nn(C)cc1C(=O)O. The molecule has 4 rings (SSSR count). The van der Waals surface area contributed by atoms with Crippen LogP contribution in [0.15, 0.2) is 54.7 Å². The lowest BCUT2D eigenvalue weighted by Gasteiger charge is -2.22. The number of carboxylic acids is 1. The maximum Gasteiger partial charge on any atom is 0.407 e. The predicted molar refractivity (Wildman–Crippen MR) is 126 cm³/mol. The number of carboxylic acid groups (broad SMARTS) is 1. The number of benzene rings is 2. The van der Waals surface area contributed by atoms with Crippen LogP contribution in [0.5, 0.6) is 0 Å². The number of nitrogens with zero attached hydrogens (tertiary/aromatic N) is 2. The Labute approximate surface area is 196 Å². The summed E-state index contributed by atoms with van der Waals surface area (Å²) in [5.74, 6) is -2.26. The molecule has 0 radical (unpaired) electrons. The molecule has 2 aromatic carbocycles. The molecule has 0 spiro atoms. The van der Waals surface area contributed by atoms with Gasteiger partial charge in [-0.05, 0) is 28.2 Å². The van der Waals surface area contributed by atoms with E-state index in [1.807, 2.05) is 36.4 Å². The highest BCUT2D eigenvalue weighted by molar-refractivity contribution is 6.01. The van der Waals surface area contributed by atoms with Gasteiger partial charge in [0.2, 0.25) is 5.91 Å². The molecule has 3 aromatic rings. The van der Waals surface area contributed by atoms with Crippen LogP contribution in [0.4, 0.5) is 10.6 Å². The van der Waals surface area contributed by atoms with Gasteiger partial charge in [0.1, 0.15) is 18.2 Å². The zero-order valence-corrected chi connectivity index (χ0v) is 19.1. The number of hydrogen-bond donors (Lipinski definition) is 3. The second kappa shape index (κ2) is 9.38. The minimum Gasteiger partial charge on any atom is -0.477 e. The monoisotopic (exact) mass is 462 g/mol. The van der Waals surface area contributed by atoms with E-state index in [1.165, 1.54) is 10.9 Å². The number of aromatic carboxylic acids is 1. The first kappa shape index (κ1) is 23.0. The summed E-state index contributed by atoms with van der Waals surface area (Å²) in [5.41, 5.74) is 4.28. The zero-order valence-electron chi connectivity index (χ0n) is 19.1. The highest BCUT2D eigenvalue weighted by Gasteiger charge is 2.31. The third-order valence-corrected chi connectivity index (χ3v) is 5.87. The smallest absolute Gasteiger partial charge is 0.407 e. The minimum atomic E-state index is -1.21. The molecular weight excluding hydrogens is 436 g/mol. The van der Waals surface area contributed by atoms with Crippen LogP contribution in [-0.4, -0.2) is 45.5 Å². The van der Waals surface area contributed by atoms with Crippen molar-refractivity contribution in [2.45, 2.75) is 25.8 Å². The number of hydrogen-bond acceptors (Lipinski definition) is 5. The molecule has 0 saturated heterocycles. The van der Waals surface area contributed by atoms with E-state index in [4.69, 9.17) is 4.74 Å². The predicted octanol–water partition coefficient (Wildman–Crippen LogP) is 3.62. The fourth-order valence-corrected chi connectivity index (χ4v) is 4.23. The average molecular weight is 463 g/mol. The van der Waals surface area contributed by atoms with Gasteiger partial charge in [0, 0.05) is 19.2 Å². The van der Waals surface area contributed by atoms with E-state index >= 15 is 0 Å². The molecule has 1 heterocycles. The first-order valence-corrected chi connectivity index (χ1v) is 11.0. The Hall–Kier alpha value is -4.14. The summed E-state index contributed by atoms with van der Waals surface area (Å²) in [5, 5.41) is 18.4. The van der Waals surface area contributed by atoms with Crippen molar-refractivity contribution in [3.8, 4) is 11.1 Å². The molecule has 0 saturated carbocycles. The summed E-state index contributed by atoms with van der Waals surface area (Å²) >= 11 is 0. The summed E-state index contributed by atoms with van der Waals surface area (Å²) in [6.07, 6.45) is 0.566. The van der Waals surface area contributed by atoms with Crippen molar-refractivity contribution in [2.75, 3.05) is 11.9 Å². The number of fused-ring (bicyclic) bond motifs is 3. The maximum atomic E-state index is 12.8. The van der Waals surface area contributed by atoms with Gasteiger partial charge in [-0.25, -0.2) is 9.59 Å². The topological polar surface area (TPSA) is 123 Å². The summed E-state index contributed by atoms with van der Waals surface area (Å²) in [6, 6.07) is 15.1. The van der Waals surface area contributed by atoms with Gasteiger partial charge < -0.3 is 20.5 Å². The number of amides is 2. The van der Waals surface area contributed by atoms with Crippen LogP contribution in [-0.2, 0) is 16.6 Å². The Morgan fingerprint density at radius 2 is 1.65 bits per heavy atom. The molecule has 0 aliphatic heterocycles. The molecule has 0 unspecified atom stereocenters. The van der Waals surface area contributed by atoms with E-state index in [2.05, 4.69) is 27.9 Å². The van der Waals surface area contributed by atoms with Crippen LogP contribution in [0.1, 0.15) is 41.3 Å². The molecule has 1 aliphatic rings. The number of nitrogens with one attached hydrogen (secondary N) is 2. The van der Waals surface area contributed by atoms with Crippen LogP contribution < -0.4 is 10.6 Å². The highest BCUT2D eigenvalue weighted by Crippen LogP contribution is 2.44. The quantitative estimate of drug-likeness (QED) is 0.493. The number of rotatable bonds is 7. The first-order chi connectivity index (χ1) is 16.3. The number of anilines is 1. The van der Waals surface area contributed by atoms with Crippen molar-refractivity contribution in [1.82, 2.24) is 15.1 Å². The van der Waals surface area contributed by atoms with Gasteiger partial charge in [0.15, 0.2) is 5.82 Å². The Kier molecular flexibility index (Phi) is 6.36. The van der Waals surface area contributed by atoms with Crippen molar-refractivity contribution in [2.24, 2.45) is 13.0 Å². The summed E-state index contributed by atoms with van der Waals surface area (Å²) in [4.78, 5) is 36.9. The molecule has 2 amide bonds. The first-order valence-electron chi connectivity index (χ1n) is 11.0. The van der Waals surface area contributed by atoms with E-state index < -0.39 is 24.0 Å². The van der Waals surface area contributed by atoms with Gasteiger partial charge in [-0.3, -0.25) is 9.48 Å². The van der Waals surface area contributed by atoms with Gasteiger partial charge in [-0.15, -0.1) is 0 Å². The average Bonchev–Trinajstić information content (AvgIpc) is 3.33. The lowest BCUT2D eigenvalue weighted by molar-refractivity contribution is -0.119. The van der Waals surface area contributed by atoms with Crippen molar-refractivity contribution in [1.29, 1.82) is 0 Å². The van der Waals surface area contributed by atoms with E-state index in [0.717, 1.165) is 22.3 Å². The summed E-state index contributed by atoms with van der Waals surface area (Å²) < 4.78 is 6.84. The van der Waals surface area contributed by atoms with Crippen LogP contribution in [0.25, 0.3) is 11.1 Å². The van der Waals surface area contributed by atoms with E-state index in [9.17, 15) is 19.5 Å². The van der Waals surface area contributed by atoms with E-state index in [-0.39, 0.29) is 29.8 Å². The Bertz CT molecular complexity index is 1200. The lowest BCUT2D eigenvalue weighted by atomic mass is 9.98. The molecule has 176 valence electrons. The standard InChI is InChI=1S/C25H26N4O5/c1-14(2)21(23(30)27-22-19(24(31)32)12-29(3)28-22)26-25(33)34-13-20-17-10-6-4-8-15(17)16-9-5-7-11-18(16)20/h4-12,14,20-21H,13H2,1-3H3,(H,26,33)(H,31,32)(H,27,28,30)/t21-/m0/s1. The Morgan fingerprint density at radius 3 is 2.21 bits per heavy atom. The fourth-order valence-electron chi connectivity index (χ4n) is 4.23. The Morgan fingerprint density at radius 1 is 1.06 bits per heavy atom. The number of alkyl carbamates (subject to hydrolysis) is 1. The Balaban J connectivity index is 1.43. The van der Waals surface area contributed by atoms with Crippen LogP contribution >= 0.6 is 0 Å². The minimum absolute atomic E-state index is 0.0833. The lowest BCUT2D eigenvalue weighted by Crippen LogP contribution is -2.47. The van der Waals surface area contributed by atoms with Crippen LogP contribution in [0.3, 0.4) is 0 Å². The maximum absolute atomic E-state index is 12.8. The van der Waals surface area contributed by atoms with Gasteiger partial charge in [-0.1, -0.05) is 62.4 Å². The van der Waals surface area contributed by atoms with Gasteiger partial charge >= 0.3 is 12.1 Å². The van der Waals surface area contributed by atoms with Gasteiger partial charge in [-0.2, -0.15) is 5.10 Å². The third-order valence-electron chi connectivity index (χ3n) is 5.87. The molecule has 34 heavy (non-hydrogen) atoms. The molecule has 0 fully saturated rings. The van der Waals surface area contributed by atoms with E-state index in [1.54, 1.807) is 20.9 Å². The van der Waals surface area contributed by atoms with Gasteiger partial charge in [0.05, 0.1) is 0 Å². The molecule has 9 nitrogen and oxygen atoms in total. The van der Waals surface area contributed by atoms with Crippen molar-refractivity contribution in [3.63, 3.8) is 0 Å². The second-order valence-electron chi connectivity index (χ2n) is 8.55. The van der Waals surface area contributed by atoms with Gasteiger partial charge in [0.25, 0.3) is 0 Å². The van der Waals surface area contributed by atoms with E-state index in [0.29, 0.717) is 0 Å². The van der Waals surface area contributed by atoms with Crippen LogP contribution in [0.2, 0.25) is 0 Å². The summed E-state index contributed by atoms with van der Waals surface area (Å²) in [7, 11) is 1.55. The second-order valence-corrected chi connectivity index (χ2v) is 8.55. The molecule has 1 atom stereocenters. The molecule has 1 aliphatic carbocycles. The van der Waals surface area contributed by atoms with Crippen molar-refractivity contribution < 1.29 is 24.2 Å². The normalized spacial score (nSPS) is 13.2. The molecule has 0 bridgehead atoms. The number of aromatic nitrogens is 2. The molecular formula is C25H26N4O5.